The van der Waals surface area contributed by atoms with Crippen molar-refractivity contribution in [1.82, 2.24) is 29.0 Å². The molecule has 0 unspecified atom stereocenters. The Morgan fingerprint density at radius 3 is 2.33 bits per heavy atom. The molecule has 0 saturated heterocycles. The lowest BCUT2D eigenvalue weighted by Crippen LogP contribution is -2.40. The summed E-state index contributed by atoms with van der Waals surface area (Å²) in [7, 11) is 0. The third-order valence-corrected chi connectivity index (χ3v) is 8.02. The van der Waals surface area contributed by atoms with Crippen LogP contribution in [-0.4, -0.2) is 41.4 Å². The molecular weight excluding hydrogens is 571 g/mol. The lowest BCUT2D eigenvalue weighted by molar-refractivity contribution is -0.120. The SMILES string of the molecule is CC(C)N(C=O)Cc1ccc(Cc2nc3c([nH]2)c(=O)n(Cc2ccccc2F)c(=O)n3CC2CC2)cc1.CCc1cccnc1. The van der Waals surface area contributed by atoms with Crippen molar-refractivity contribution in [3.05, 3.63) is 128 Å². The van der Waals surface area contributed by atoms with Gasteiger partial charge in [-0.3, -0.25) is 23.7 Å². The highest BCUT2D eigenvalue weighted by molar-refractivity contribution is 5.70. The average molecular weight is 611 g/mol. The fourth-order valence-corrected chi connectivity index (χ4v) is 5.07. The maximum Gasteiger partial charge on any atom is 0.333 e. The molecule has 1 aliphatic rings. The van der Waals surface area contributed by atoms with E-state index in [4.69, 9.17) is 0 Å². The number of pyridine rings is 1. The summed E-state index contributed by atoms with van der Waals surface area (Å²) in [6.07, 6.45) is 8.12. The number of imidazole rings is 1. The number of amides is 1. The number of halogens is 1. The third-order valence-electron chi connectivity index (χ3n) is 8.02. The number of rotatable bonds is 11. The van der Waals surface area contributed by atoms with Crippen molar-refractivity contribution in [1.29, 1.82) is 0 Å². The van der Waals surface area contributed by atoms with Gasteiger partial charge in [0.1, 0.15) is 17.2 Å². The van der Waals surface area contributed by atoms with E-state index < -0.39 is 17.1 Å². The Balaban J connectivity index is 0.000000436. The van der Waals surface area contributed by atoms with Crippen LogP contribution in [0.3, 0.4) is 0 Å². The molecule has 0 spiro atoms. The molecule has 45 heavy (non-hydrogen) atoms. The van der Waals surface area contributed by atoms with Crippen molar-refractivity contribution in [3.8, 4) is 0 Å². The van der Waals surface area contributed by atoms with Crippen LogP contribution in [0.2, 0.25) is 0 Å². The zero-order valence-electron chi connectivity index (χ0n) is 25.9. The Morgan fingerprint density at radius 2 is 1.73 bits per heavy atom. The first kappa shape index (κ1) is 31.6. The Morgan fingerprint density at radius 1 is 1.00 bits per heavy atom. The van der Waals surface area contributed by atoms with E-state index in [0.717, 1.165) is 41.4 Å². The molecule has 234 valence electrons. The summed E-state index contributed by atoms with van der Waals surface area (Å²) < 4.78 is 17.0. The molecule has 6 rings (SSSR count). The van der Waals surface area contributed by atoms with E-state index >= 15 is 0 Å². The zero-order chi connectivity index (χ0) is 31.9. The number of nitrogens with zero attached hydrogens (tertiary/aromatic N) is 5. The van der Waals surface area contributed by atoms with Crippen molar-refractivity contribution in [2.45, 2.75) is 72.1 Å². The number of aromatic amines is 1. The lowest BCUT2D eigenvalue weighted by Gasteiger charge is -2.21. The highest BCUT2D eigenvalue weighted by atomic mass is 19.1. The van der Waals surface area contributed by atoms with Crippen LogP contribution < -0.4 is 11.2 Å². The lowest BCUT2D eigenvalue weighted by atomic mass is 10.1. The second-order valence-electron chi connectivity index (χ2n) is 11.8. The van der Waals surface area contributed by atoms with Crippen LogP contribution in [0.1, 0.15) is 61.7 Å². The maximum atomic E-state index is 14.3. The highest BCUT2D eigenvalue weighted by Crippen LogP contribution is 2.30. The molecule has 10 heteroatoms. The van der Waals surface area contributed by atoms with E-state index in [2.05, 4.69) is 27.9 Å². The smallest absolute Gasteiger partial charge is 0.333 e. The van der Waals surface area contributed by atoms with Crippen LogP contribution in [-0.2, 0) is 37.3 Å². The van der Waals surface area contributed by atoms with E-state index in [0.29, 0.717) is 36.9 Å². The van der Waals surface area contributed by atoms with Crippen molar-refractivity contribution in [3.63, 3.8) is 0 Å². The summed E-state index contributed by atoms with van der Waals surface area (Å²) in [4.78, 5) is 51.4. The molecule has 5 aromatic rings. The van der Waals surface area contributed by atoms with Crippen LogP contribution in [0.5, 0.6) is 0 Å². The van der Waals surface area contributed by atoms with Gasteiger partial charge in [-0.2, -0.15) is 0 Å². The van der Waals surface area contributed by atoms with E-state index in [9.17, 15) is 18.8 Å². The van der Waals surface area contributed by atoms with Gasteiger partial charge in [0.05, 0.1) is 6.54 Å². The first-order chi connectivity index (χ1) is 21.8. The van der Waals surface area contributed by atoms with Crippen LogP contribution in [0, 0.1) is 11.7 Å². The van der Waals surface area contributed by atoms with Gasteiger partial charge in [0.15, 0.2) is 5.65 Å². The molecular formula is C35H39FN6O3. The number of hydrogen-bond donors (Lipinski definition) is 1. The molecule has 3 aromatic heterocycles. The maximum absolute atomic E-state index is 14.3. The van der Waals surface area contributed by atoms with Crippen LogP contribution in [0.25, 0.3) is 11.2 Å². The standard InChI is InChI=1S/C28H30FN5O3.C7H9N/c1-18(2)32(17-35)14-20-9-7-19(8-10-20)13-24-30-25-26(31-24)33(15-21-11-12-21)28(37)34(27(25)36)16-22-5-3-4-6-23(22)29;1-2-7-4-3-5-8-6-7/h3-10,17-18,21H,11-16H2,1-2H3,(H,30,31);3-6H,2H2,1H3. The average Bonchev–Trinajstić information content (AvgIpc) is 3.78. The normalized spacial score (nSPS) is 12.6. The number of aromatic nitrogens is 5. The van der Waals surface area contributed by atoms with Gasteiger partial charge in [0, 0.05) is 43.5 Å². The predicted octanol–water partition coefficient (Wildman–Crippen LogP) is 5.09. The Hall–Kier alpha value is -4.86. The molecule has 1 aliphatic carbocycles. The van der Waals surface area contributed by atoms with Crippen molar-refractivity contribution < 1.29 is 9.18 Å². The van der Waals surface area contributed by atoms with Gasteiger partial charge in [0.2, 0.25) is 6.41 Å². The molecule has 1 fully saturated rings. The van der Waals surface area contributed by atoms with Crippen molar-refractivity contribution >= 4 is 17.6 Å². The second kappa shape index (κ2) is 14.3. The summed E-state index contributed by atoms with van der Waals surface area (Å²) >= 11 is 0. The van der Waals surface area contributed by atoms with Gasteiger partial charge < -0.3 is 9.88 Å². The molecule has 1 saturated carbocycles. The molecule has 0 radical (unpaired) electrons. The Labute approximate surface area is 261 Å². The minimum absolute atomic E-state index is 0.114. The number of benzene rings is 2. The first-order valence-electron chi connectivity index (χ1n) is 15.4. The number of carbonyl (C=O) groups is 1. The van der Waals surface area contributed by atoms with Gasteiger partial charge >= 0.3 is 5.69 Å². The molecule has 9 nitrogen and oxygen atoms in total. The topological polar surface area (TPSA) is 106 Å². The molecule has 3 heterocycles. The molecule has 1 N–H and O–H groups in total. The van der Waals surface area contributed by atoms with Gasteiger partial charge in [-0.15, -0.1) is 0 Å². The molecule has 0 atom stereocenters. The number of H-pyrrole nitrogens is 1. The summed E-state index contributed by atoms with van der Waals surface area (Å²) in [6.45, 7) is 6.93. The summed E-state index contributed by atoms with van der Waals surface area (Å²) in [5.74, 6) is 0.495. The minimum atomic E-state index is -0.507. The fourth-order valence-electron chi connectivity index (χ4n) is 5.07. The highest BCUT2D eigenvalue weighted by Gasteiger charge is 2.26. The summed E-state index contributed by atoms with van der Waals surface area (Å²) in [5.41, 5.74) is 3.19. The molecule has 0 aliphatic heterocycles. The monoisotopic (exact) mass is 610 g/mol. The molecule has 1 amide bonds. The molecule has 2 aromatic carbocycles. The van der Waals surface area contributed by atoms with E-state index in [-0.39, 0.29) is 23.7 Å². The van der Waals surface area contributed by atoms with E-state index in [1.165, 1.54) is 11.6 Å². The number of hydrogen-bond acceptors (Lipinski definition) is 5. The van der Waals surface area contributed by atoms with Crippen LogP contribution >= 0.6 is 0 Å². The van der Waals surface area contributed by atoms with Gasteiger partial charge in [-0.25, -0.2) is 14.2 Å². The minimum Gasteiger partial charge on any atom is -0.339 e. The predicted molar refractivity (Wildman–Crippen MR) is 172 cm³/mol. The van der Waals surface area contributed by atoms with Gasteiger partial charge in [0.25, 0.3) is 5.56 Å². The third kappa shape index (κ3) is 7.81. The first-order valence-corrected chi connectivity index (χ1v) is 15.4. The number of aryl methyl sites for hydroxylation is 1. The Kier molecular flexibility index (Phi) is 10.0. The van der Waals surface area contributed by atoms with Crippen LogP contribution in [0.15, 0.2) is 82.6 Å². The van der Waals surface area contributed by atoms with Crippen molar-refractivity contribution in [2.75, 3.05) is 0 Å². The number of carbonyl (C=O) groups excluding carboxylic acids is 1. The van der Waals surface area contributed by atoms with Crippen LogP contribution in [0.4, 0.5) is 4.39 Å². The number of nitrogens with one attached hydrogen (secondary N) is 1. The second-order valence-corrected chi connectivity index (χ2v) is 11.8. The summed E-state index contributed by atoms with van der Waals surface area (Å²) in [5, 5.41) is 0. The summed E-state index contributed by atoms with van der Waals surface area (Å²) in [6, 6.07) is 18.2. The van der Waals surface area contributed by atoms with Crippen molar-refractivity contribution in [2.24, 2.45) is 5.92 Å². The van der Waals surface area contributed by atoms with E-state index in [1.807, 2.05) is 50.4 Å². The number of fused-ring (bicyclic) bond motifs is 1. The van der Waals surface area contributed by atoms with Gasteiger partial charge in [-0.1, -0.05) is 55.5 Å². The molecule has 0 bridgehead atoms. The fraction of sp³-hybridized carbons (Fsp3) is 0.343. The quantitative estimate of drug-likeness (QED) is 0.210. The van der Waals surface area contributed by atoms with E-state index in [1.54, 1.807) is 33.9 Å². The van der Waals surface area contributed by atoms with Gasteiger partial charge in [-0.05, 0) is 67.9 Å². The Bertz CT molecular complexity index is 1860. The largest absolute Gasteiger partial charge is 0.339 e. The zero-order valence-corrected chi connectivity index (χ0v) is 25.9.